The summed E-state index contributed by atoms with van der Waals surface area (Å²) in [5.74, 6) is -0.560. The highest BCUT2D eigenvalue weighted by Gasteiger charge is 2.35. The van der Waals surface area contributed by atoms with E-state index in [0.717, 1.165) is 44.6 Å². The molecule has 0 N–H and O–H groups in total. The van der Waals surface area contributed by atoms with Gasteiger partial charge in [-0.05, 0) is 46.3 Å². The molecule has 0 bridgehead atoms. The first-order valence-electron chi connectivity index (χ1n) is 11.6. The van der Waals surface area contributed by atoms with Crippen LogP contribution in [0.15, 0.2) is 102 Å². The lowest BCUT2D eigenvalue weighted by Gasteiger charge is -2.14. The molecule has 6 heteroatoms. The van der Waals surface area contributed by atoms with Gasteiger partial charge in [-0.25, -0.2) is 4.39 Å². The van der Waals surface area contributed by atoms with E-state index < -0.39 is 0 Å². The molecule has 1 saturated heterocycles. The zero-order valence-corrected chi connectivity index (χ0v) is 20.0. The standard InChI is InChI=1S/C30H21FN2O2S/c31-26-14-5-2-9-22(26)17-32-18-23(25-13-4-6-15-27(25)32)16-28-29(34)33(30(35)36-28)19-21-11-7-10-20-8-1-3-12-24(20)21/h1-16,18H,17,19H2/b28-16+. The van der Waals surface area contributed by atoms with Gasteiger partial charge in [-0.2, -0.15) is 0 Å². The van der Waals surface area contributed by atoms with E-state index in [4.69, 9.17) is 0 Å². The van der Waals surface area contributed by atoms with Crippen molar-refractivity contribution >= 4 is 50.7 Å². The summed E-state index contributed by atoms with van der Waals surface area (Å²) < 4.78 is 16.3. The molecule has 0 unspecified atom stereocenters. The molecule has 5 aromatic rings. The molecule has 0 atom stereocenters. The van der Waals surface area contributed by atoms with Crippen LogP contribution >= 0.6 is 11.8 Å². The number of carbonyl (C=O) groups is 2. The van der Waals surface area contributed by atoms with Crippen LogP contribution < -0.4 is 0 Å². The fourth-order valence-electron chi connectivity index (χ4n) is 4.71. The van der Waals surface area contributed by atoms with Gasteiger partial charge in [-0.1, -0.05) is 78.9 Å². The molecular weight excluding hydrogens is 471 g/mol. The van der Waals surface area contributed by atoms with Crippen molar-refractivity contribution in [2.45, 2.75) is 13.1 Å². The van der Waals surface area contributed by atoms with E-state index in [1.54, 1.807) is 18.2 Å². The third kappa shape index (κ3) is 3.99. The summed E-state index contributed by atoms with van der Waals surface area (Å²) in [6.07, 6.45) is 3.68. The van der Waals surface area contributed by atoms with Crippen molar-refractivity contribution in [1.29, 1.82) is 0 Å². The Hall–Kier alpha value is -4.16. The van der Waals surface area contributed by atoms with Crippen molar-refractivity contribution in [3.63, 3.8) is 0 Å². The number of rotatable bonds is 5. The zero-order chi connectivity index (χ0) is 24.6. The van der Waals surface area contributed by atoms with Crippen molar-refractivity contribution in [3.8, 4) is 0 Å². The normalized spacial score (nSPS) is 15.0. The van der Waals surface area contributed by atoms with Crippen LogP contribution in [0.4, 0.5) is 9.18 Å². The summed E-state index contributed by atoms with van der Waals surface area (Å²) in [6.45, 7) is 0.585. The average molecular weight is 493 g/mol. The first-order chi connectivity index (χ1) is 17.6. The van der Waals surface area contributed by atoms with Gasteiger partial charge in [0.15, 0.2) is 0 Å². The molecule has 1 aromatic heterocycles. The second-order valence-electron chi connectivity index (χ2n) is 8.73. The molecule has 1 fully saturated rings. The Morgan fingerprint density at radius 1 is 0.750 bits per heavy atom. The van der Waals surface area contributed by atoms with E-state index in [1.165, 1.54) is 11.0 Å². The molecule has 4 nitrogen and oxygen atoms in total. The first-order valence-corrected chi connectivity index (χ1v) is 12.4. The Bertz CT molecular complexity index is 1680. The molecule has 6 rings (SSSR count). The number of amides is 2. The highest BCUT2D eigenvalue weighted by Crippen LogP contribution is 2.36. The largest absolute Gasteiger partial charge is 0.342 e. The fraction of sp³-hybridized carbons (Fsp3) is 0.0667. The second-order valence-corrected chi connectivity index (χ2v) is 9.72. The van der Waals surface area contributed by atoms with E-state index >= 15 is 0 Å². The third-order valence-electron chi connectivity index (χ3n) is 6.49. The number of benzene rings is 4. The van der Waals surface area contributed by atoms with Crippen LogP contribution in [0.1, 0.15) is 16.7 Å². The fourth-order valence-corrected chi connectivity index (χ4v) is 5.54. The number of nitrogens with zero attached hydrogens (tertiary/aromatic N) is 2. The zero-order valence-electron chi connectivity index (χ0n) is 19.2. The Labute approximate surface area is 211 Å². The molecule has 1 aliphatic heterocycles. The molecule has 4 aromatic carbocycles. The van der Waals surface area contributed by atoms with E-state index in [9.17, 15) is 14.0 Å². The minimum atomic E-state index is -0.302. The van der Waals surface area contributed by atoms with Crippen LogP contribution in [0.3, 0.4) is 0 Å². The number of hydrogen-bond acceptors (Lipinski definition) is 3. The van der Waals surface area contributed by atoms with Crippen molar-refractivity contribution < 1.29 is 14.0 Å². The van der Waals surface area contributed by atoms with Crippen LogP contribution in [0.25, 0.3) is 27.8 Å². The van der Waals surface area contributed by atoms with Gasteiger partial charge in [0.05, 0.1) is 18.0 Å². The smallest absolute Gasteiger partial charge is 0.293 e. The molecule has 176 valence electrons. The van der Waals surface area contributed by atoms with Crippen molar-refractivity contribution in [2.75, 3.05) is 0 Å². The van der Waals surface area contributed by atoms with Gasteiger partial charge < -0.3 is 4.57 Å². The Morgan fingerprint density at radius 2 is 1.44 bits per heavy atom. The highest BCUT2D eigenvalue weighted by molar-refractivity contribution is 8.18. The monoisotopic (exact) mass is 492 g/mol. The lowest BCUT2D eigenvalue weighted by atomic mass is 10.0. The maximum atomic E-state index is 14.3. The van der Waals surface area contributed by atoms with Crippen LogP contribution in [0.5, 0.6) is 0 Å². The van der Waals surface area contributed by atoms with Gasteiger partial charge in [-0.3, -0.25) is 14.5 Å². The number of imide groups is 1. The third-order valence-corrected chi connectivity index (χ3v) is 7.39. The van der Waals surface area contributed by atoms with Crippen LogP contribution in [0, 0.1) is 5.82 Å². The van der Waals surface area contributed by atoms with E-state index in [2.05, 4.69) is 0 Å². The molecular formula is C30H21FN2O2S. The molecule has 2 amide bonds. The quantitative estimate of drug-likeness (QED) is 0.243. The lowest BCUT2D eigenvalue weighted by Crippen LogP contribution is -2.27. The second kappa shape index (κ2) is 9.13. The SMILES string of the molecule is O=C1S/C(=C/c2cn(Cc3ccccc3F)c3ccccc23)C(=O)N1Cc1cccc2ccccc12. The predicted molar refractivity (Wildman–Crippen MR) is 143 cm³/mol. The highest BCUT2D eigenvalue weighted by atomic mass is 32.2. The van der Waals surface area contributed by atoms with E-state index in [0.29, 0.717) is 17.0 Å². The molecule has 0 saturated carbocycles. The number of aromatic nitrogens is 1. The van der Waals surface area contributed by atoms with Gasteiger partial charge in [0, 0.05) is 28.2 Å². The van der Waals surface area contributed by atoms with Crippen LogP contribution in [-0.2, 0) is 17.9 Å². The van der Waals surface area contributed by atoms with Crippen LogP contribution in [0.2, 0.25) is 0 Å². The minimum Gasteiger partial charge on any atom is -0.342 e. The Morgan fingerprint density at radius 3 is 2.31 bits per heavy atom. The summed E-state index contributed by atoms with van der Waals surface area (Å²) in [6, 6.07) is 28.4. The predicted octanol–water partition coefficient (Wildman–Crippen LogP) is 7.22. The molecule has 0 spiro atoms. The molecule has 0 radical (unpaired) electrons. The summed E-state index contributed by atoms with van der Waals surface area (Å²) in [4.78, 5) is 27.8. The molecule has 2 heterocycles. The van der Waals surface area contributed by atoms with Crippen molar-refractivity contribution in [3.05, 3.63) is 125 Å². The maximum absolute atomic E-state index is 14.3. The topological polar surface area (TPSA) is 42.3 Å². The van der Waals surface area contributed by atoms with Crippen molar-refractivity contribution in [1.82, 2.24) is 9.47 Å². The lowest BCUT2D eigenvalue weighted by molar-refractivity contribution is -0.123. The summed E-state index contributed by atoms with van der Waals surface area (Å²) in [7, 11) is 0. The number of halogens is 1. The van der Waals surface area contributed by atoms with Gasteiger partial charge in [-0.15, -0.1) is 0 Å². The number of para-hydroxylation sites is 1. The number of hydrogen-bond donors (Lipinski definition) is 0. The molecule has 0 aliphatic carbocycles. The minimum absolute atomic E-state index is 0.221. The Kier molecular flexibility index (Phi) is 5.66. The number of fused-ring (bicyclic) bond motifs is 2. The van der Waals surface area contributed by atoms with Crippen LogP contribution in [-0.4, -0.2) is 20.6 Å². The first kappa shape index (κ1) is 22.3. The van der Waals surface area contributed by atoms with Gasteiger partial charge in [0.25, 0.3) is 11.1 Å². The number of thioether (sulfide) groups is 1. The van der Waals surface area contributed by atoms with Gasteiger partial charge >= 0.3 is 0 Å². The van der Waals surface area contributed by atoms with Crippen molar-refractivity contribution in [2.24, 2.45) is 0 Å². The van der Waals surface area contributed by atoms with E-state index in [-0.39, 0.29) is 23.5 Å². The molecule has 36 heavy (non-hydrogen) atoms. The van der Waals surface area contributed by atoms with Gasteiger partial charge in [0.1, 0.15) is 5.82 Å². The van der Waals surface area contributed by atoms with E-state index in [1.807, 2.05) is 83.6 Å². The Balaban J connectivity index is 1.33. The number of carbonyl (C=O) groups excluding carboxylic acids is 2. The average Bonchev–Trinajstić information content (AvgIpc) is 3.37. The summed E-state index contributed by atoms with van der Waals surface area (Å²) >= 11 is 0.955. The summed E-state index contributed by atoms with van der Waals surface area (Å²) in [5, 5.41) is 2.75. The van der Waals surface area contributed by atoms with Gasteiger partial charge in [0.2, 0.25) is 0 Å². The maximum Gasteiger partial charge on any atom is 0.293 e. The summed E-state index contributed by atoms with van der Waals surface area (Å²) in [5.41, 5.74) is 3.26. The molecule has 1 aliphatic rings.